The van der Waals surface area contributed by atoms with Gasteiger partial charge in [0.25, 0.3) is 5.82 Å². The number of para-hydroxylation sites is 2. The van der Waals surface area contributed by atoms with Crippen molar-refractivity contribution in [3.05, 3.63) is 65.7 Å². The van der Waals surface area contributed by atoms with E-state index >= 15 is 0 Å². The Morgan fingerprint density at radius 3 is 2.73 bits per heavy atom. The van der Waals surface area contributed by atoms with Crippen LogP contribution in [0.1, 0.15) is 5.01 Å². The topological polar surface area (TPSA) is 30.3 Å². The standard InChI is InChI=1S/C18H15N3S/c1-21(12-18-20-15-8-4-5-9-16(15)22-18)17-11-10-13-6-2-3-7-14(13)19-17/h2-11H,12H2,1H3/p+1. The van der Waals surface area contributed by atoms with Crippen LogP contribution in [-0.2, 0) is 6.54 Å². The van der Waals surface area contributed by atoms with Crippen LogP contribution in [0.25, 0.3) is 21.1 Å². The van der Waals surface area contributed by atoms with Crippen molar-refractivity contribution in [3.63, 3.8) is 0 Å². The van der Waals surface area contributed by atoms with Crippen LogP contribution < -0.4 is 9.88 Å². The lowest BCUT2D eigenvalue weighted by Crippen LogP contribution is -2.24. The number of fused-ring (bicyclic) bond motifs is 2. The average molecular weight is 306 g/mol. The number of anilines is 1. The minimum Gasteiger partial charge on any atom is -0.258 e. The van der Waals surface area contributed by atoms with Gasteiger partial charge in [-0.05, 0) is 24.3 Å². The zero-order chi connectivity index (χ0) is 14.9. The molecule has 22 heavy (non-hydrogen) atoms. The summed E-state index contributed by atoms with van der Waals surface area (Å²) in [7, 11) is 2.09. The van der Waals surface area contributed by atoms with Gasteiger partial charge in [-0.1, -0.05) is 30.3 Å². The summed E-state index contributed by atoms with van der Waals surface area (Å²) in [4.78, 5) is 10.4. The molecule has 1 N–H and O–H groups in total. The zero-order valence-corrected chi connectivity index (χ0v) is 13.1. The Labute approximate surface area is 132 Å². The normalized spacial score (nSPS) is 11.1. The van der Waals surface area contributed by atoms with Crippen molar-refractivity contribution in [2.24, 2.45) is 0 Å². The monoisotopic (exact) mass is 306 g/mol. The molecular formula is C18H16N3S+. The lowest BCUT2D eigenvalue weighted by Gasteiger charge is -2.09. The van der Waals surface area contributed by atoms with Crippen LogP contribution >= 0.6 is 11.3 Å². The van der Waals surface area contributed by atoms with E-state index in [0.717, 1.165) is 28.4 Å². The van der Waals surface area contributed by atoms with Crippen LogP contribution in [0.3, 0.4) is 0 Å². The molecule has 0 saturated heterocycles. The quantitative estimate of drug-likeness (QED) is 0.574. The van der Waals surface area contributed by atoms with Crippen molar-refractivity contribution in [3.8, 4) is 0 Å². The van der Waals surface area contributed by atoms with E-state index in [1.807, 2.05) is 6.07 Å². The molecule has 0 amide bonds. The summed E-state index contributed by atoms with van der Waals surface area (Å²) in [5.41, 5.74) is 2.23. The lowest BCUT2D eigenvalue weighted by atomic mass is 10.2. The van der Waals surface area contributed by atoms with Crippen molar-refractivity contribution in [1.82, 2.24) is 4.98 Å². The molecule has 2 aromatic heterocycles. The third kappa shape index (κ3) is 2.42. The molecule has 4 heteroatoms. The highest BCUT2D eigenvalue weighted by Crippen LogP contribution is 2.23. The minimum atomic E-state index is 0.800. The van der Waals surface area contributed by atoms with E-state index < -0.39 is 0 Å². The molecule has 0 aliphatic carbocycles. The van der Waals surface area contributed by atoms with Gasteiger partial charge in [-0.3, -0.25) is 4.90 Å². The number of nitrogens with one attached hydrogen (secondary N) is 1. The molecule has 0 unspecified atom stereocenters. The molecule has 0 radical (unpaired) electrons. The number of nitrogens with zero attached hydrogens (tertiary/aromatic N) is 2. The number of rotatable bonds is 3. The Morgan fingerprint density at radius 1 is 1.00 bits per heavy atom. The molecule has 4 rings (SSSR count). The van der Waals surface area contributed by atoms with Crippen LogP contribution in [0, 0.1) is 0 Å². The minimum absolute atomic E-state index is 0.800. The van der Waals surface area contributed by atoms with Gasteiger partial charge in [-0.15, -0.1) is 11.3 Å². The van der Waals surface area contributed by atoms with Gasteiger partial charge in [0.05, 0.1) is 17.3 Å². The van der Waals surface area contributed by atoms with Gasteiger partial charge >= 0.3 is 0 Å². The van der Waals surface area contributed by atoms with E-state index in [1.165, 1.54) is 10.1 Å². The first-order valence-electron chi connectivity index (χ1n) is 7.26. The van der Waals surface area contributed by atoms with Gasteiger partial charge in [-0.25, -0.2) is 9.97 Å². The Balaban J connectivity index is 1.63. The molecule has 2 heterocycles. The van der Waals surface area contributed by atoms with Gasteiger partial charge < -0.3 is 0 Å². The maximum Gasteiger partial charge on any atom is 0.274 e. The second kappa shape index (κ2) is 5.39. The molecule has 0 aliphatic rings. The fourth-order valence-electron chi connectivity index (χ4n) is 2.60. The summed E-state index contributed by atoms with van der Waals surface area (Å²) in [6.45, 7) is 0.800. The summed E-state index contributed by atoms with van der Waals surface area (Å²) < 4.78 is 1.24. The highest BCUT2D eigenvalue weighted by Gasteiger charge is 2.14. The van der Waals surface area contributed by atoms with Crippen LogP contribution in [0.5, 0.6) is 0 Å². The smallest absolute Gasteiger partial charge is 0.258 e. The Morgan fingerprint density at radius 2 is 1.82 bits per heavy atom. The van der Waals surface area contributed by atoms with Crippen molar-refractivity contribution in [2.45, 2.75) is 6.54 Å². The summed E-state index contributed by atoms with van der Waals surface area (Å²) in [6, 6.07) is 20.9. The average Bonchev–Trinajstić information content (AvgIpc) is 2.96. The third-order valence-corrected chi connectivity index (χ3v) is 4.79. The summed E-state index contributed by atoms with van der Waals surface area (Å²) in [5, 5.41) is 2.35. The predicted octanol–water partition coefficient (Wildman–Crippen LogP) is 3.90. The number of aromatic amines is 1. The van der Waals surface area contributed by atoms with Gasteiger partial charge in [0.2, 0.25) is 0 Å². The first-order chi connectivity index (χ1) is 10.8. The number of H-pyrrole nitrogens is 1. The number of thiazole rings is 1. The second-order valence-electron chi connectivity index (χ2n) is 5.36. The summed E-state index contributed by atoms with van der Waals surface area (Å²) in [6.07, 6.45) is 0. The maximum atomic E-state index is 4.70. The van der Waals surface area contributed by atoms with Crippen LogP contribution in [0.15, 0.2) is 60.7 Å². The second-order valence-corrected chi connectivity index (χ2v) is 6.48. The molecule has 2 aromatic carbocycles. The van der Waals surface area contributed by atoms with Crippen molar-refractivity contribution in [1.29, 1.82) is 0 Å². The molecular weight excluding hydrogens is 290 g/mol. The van der Waals surface area contributed by atoms with E-state index in [9.17, 15) is 0 Å². The molecule has 0 atom stereocenters. The number of benzene rings is 2. The zero-order valence-electron chi connectivity index (χ0n) is 12.3. The van der Waals surface area contributed by atoms with Crippen LogP contribution in [-0.4, -0.2) is 12.0 Å². The molecule has 0 spiro atoms. The van der Waals surface area contributed by atoms with Crippen molar-refractivity contribution >= 4 is 38.3 Å². The summed E-state index contributed by atoms with van der Waals surface area (Å²) >= 11 is 1.76. The molecule has 108 valence electrons. The van der Waals surface area contributed by atoms with Crippen molar-refractivity contribution < 1.29 is 4.98 Å². The fourth-order valence-corrected chi connectivity index (χ4v) is 3.62. The van der Waals surface area contributed by atoms with Crippen molar-refractivity contribution in [2.75, 3.05) is 11.9 Å². The van der Waals surface area contributed by atoms with E-state index in [0.29, 0.717) is 0 Å². The first-order valence-corrected chi connectivity index (χ1v) is 8.08. The fraction of sp³-hybridized carbons (Fsp3) is 0.111. The van der Waals surface area contributed by atoms with E-state index in [-0.39, 0.29) is 0 Å². The molecule has 0 bridgehead atoms. The Bertz CT molecular complexity index is 912. The summed E-state index contributed by atoms with van der Waals surface area (Å²) in [5.74, 6) is 1.10. The lowest BCUT2D eigenvalue weighted by molar-refractivity contribution is -0.330. The first kappa shape index (κ1) is 13.2. The highest BCUT2D eigenvalue weighted by molar-refractivity contribution is 7.18. The molecule has 3 nitrogen and oxygen atoms in total. The van der Waals surface area contributed by atoms with Crippen LogP contribution in [0.4, 0.5) is 5.82 Å². The predicted molar refractivity (Wildman–Crippen MR) is 92.2 cm³/mol. The van der Waals surface area contributed by atoms with Gasteiger partial charge in [0, 0.05) is 11.5 Å². The Kier molecular flexibility index (Phi) is 3.24. The van der Waals surface area contributed by atoms with E-state index in [4.69, 9.17) is 4.98 Å². The maximum absolute atomic E-state index is 4.70. The highest BCUT2D eigenvalue weighted by atomic mass is 32.1. The molecule has 0 saturated carbocycles. The number of hydrogen-bond acceptors (Lipinski definition) is 3. The van der Waals surface area contributed by atoms with E-state index in [2.05, 4.69) is 71.5 Å². The SMILES string of the molecule is CN(Cc1nc2ccccc2s1)c1ccc2ccccc2[nH+]1. The number of hydrogen-bond donors (Lipinski definition) is 0. The third-order valence-electron chi connectivity index (χ3n) is 3.77. The number of pyridine rings is 1. The van der Waals surface area contributed by atoms with E-state index in [1.54, 1.807) is 11.3 Å². The largest absolute Gasteiger partial charge is 0.274 e. The van der Waals surface area contributed by atoms with Gasteiger partial charge in [-0.2, -0.15) is 0 Å². The number of aromatic nitrogens is 2. The molecule has 4 aromatic rings. The Hall–Kier alpha value is -2.46. The molecule has 0 aliphatic heterocycles. The van der Waals surface area contributed by atoms with Gasteiger partial charge in [0.1, 0.15) is 17.1 Å². The van der Waals surface area contributed by atoms with Gasteiger partial charge in [0.15, 0.2) is 0 Å². The molecule has 0 fully saturated rings. The van der Waals surface area contributed by atoms with Crippen LogP contribution in [0.2, 0.25) is 0 Å².